The first-order valence-electron chi connectivity index (χ1n) is 8.46. The Hall–Kier alpha value is -0.690. The number of amides is 1. The molecule has 21 heavy (non-hydrogen) atoms. The summed E-state index contributed by atoms with van der Waals surface area (Å²) in [6.45, 7) is 3.98. The molecule has 0 aromatic heterocycles. The molecule has 1 amide bonds. The highest BCUT2D eigenvalue weighted by Crippen LogP contribution is 2.23. The number of rotatable bonds is 0. The number of nitrogens with zero attached hydrogens (tertiary/aromatic N) is 1. The summed E-state index contributed by atoms with van der Waals surface area (Å²) < 4.78 is 0. The molecule has 3 rings (SSSR count). The van der Waals surface area contributed by atoms with Crippen LogP contribution in [0.3, 0.4) is 0 Å². The van der Waals surface area contributed by atoms with Crippen LogP contribution in [-0.2, 0) is 4.79 Å². The van der Waals surface area contributed by atoms with Crippen LogP contribution in [0.15, 0.2) is 0 Å². The molecular weight excluding hydrogens is 266 g/mol. The van der Waals surface area contributed by atoms with E-state index in [9.17, 15) is 4.79 Å². The van der Waals surface area contributed by atoms with Crippen molar-refractivity contribution in [3.63, 3.8) is 0 Å². The van der Waals surface area contributed by atoms with Crippen molar-refractivity contribution in [3.8, 4) is 0 Å². The maximum atomic E-state index is 12.3. The van der Waals surface area contributed by atoms with Gasteiger partial charge in [-0.1, -0.05) is 13.3 Å². The standard InChI is InChI=1S/C15H29N5O/c1-10-3-2-4-12(16)13-9-11(5-7-17-13)20-14(6-8-18-20)19-15(10)21/h10-14,17-18H,2-9,16H2,1H3,(H,19,21)/t10-,11?,12+,13?,14?/m1/s1. The number of nitrogens with two attached hydrogens (primary N) is 1. The molecule has 3 saturated heterocycles. The van der Waals surface area contributed by atoms with Gasteiger partial charge in [-0.2, -0.15) is 0 Å². The predicted molar refractivity (Wildman–Crippen MR) is 82.2 cm³/mol. The van der Waals surface area contributed by atoms with Crippen molar-refractivity contribution < 1.29 is 4.79 Å². The van der Waals surface area contributed by atoms with Crippen LogP contribution in [0.4, 0.5) is 0 Å². The van der Waals surface area contributed by atoms with Crippen molar-refractivity contribution in [2.45, 2.75) is 69.7 Å². The number of hydrazine groups is 1. The fraction of sp³-hybridized carbons (Fsp3) is 0.933. The zero-order valence-electron chi connectivity index (χ0n) is 13.0. The number of carbonyl (C=O) groups is 1. The quantitative estimate of drug-likeness (QED) is 0.502. The molecule has 3 fully saturated rings. The molecule has 120 valence electrons. The lowest BCUT2D eigenvalue weighted by atomic mass is 9.90. The van der Waals surface area contributed by atoms with Crippen molar-refractivity contribution >= 4 is 5.91 Å². The van der Waals surface area contributed by atoms with Crippen molar-refractivity contribution in [2.75, 3.05) is 13.1 Å². The maximum absolute atomic E-state index is 12.3. The van der Waals surface area contributed by atoms with E-state index in [-0.39, 0.29) is 24.0 Å². The van der Waals surface area contributed by atoms with Crippen LogP contribution >= 0.6 is 0 Å². The average Bonchev–Trinajstić information content (AvgIpc) is 2.94. The average molecular weight is 295 g/mol. The molecule has 5 atom stereocenters. The summed E-state index contributed by atoms with van der Waals surface area (Å²) in [5, 5.41) is 9.10. The van der Waals surface area contributed by atoms with E-state index in [1.807, 2.05) is 6.92 Å². The Kier molecular flexibility index (Phi) is 4.78. The van der Waals surface area contributed by atoms with Gasteiger partial charge in [0.25, 0.3) is 0 Å². The van der Waals surface area contributed by atoms with Crippen LogP contribution in [0.2, 0.25) is 0 Å². The van der Waals surface area contributed by atoms with E-state index in [0.29, 0.717) is 12.1 Å². The molecule has 0 aromatic carbocycles. The molecule has 0 saturated carbocycles. The normalized spacial score (nSPS) is 42.6. The van der Waals surface area contributed by atoms with Gasteiger partial charge in [0, 0.05) is 30.6 Å². The molecule has 0 radical (unpaired) electrons. The van der Waals surface area contributed by atoms with E-state index in [1.165, 1.54) is 0 Å². The lowest BCUT2D eigenvalue weighted by Crippen LogP contribution is -2.60. The van der Waals surface area contributed by atoms with E-state index in [1.54, 1.807) is 0 Å². The fourth-order valence-corrected chi connectivity index (χ4v) is 3.91. The van der Waals surface area contributed by atoms with Gasteiger partial charge >= 0.3 is 0 Å². The zero-order valence-corrected chi connectivity index (χ0v) is 13.0. The predicted octanol–water partition coefficient (Wildman–Crippen LogP) is -0.0931. The fourth-order valence-electron chi connectivity index (χ4n) is 3.91. The Labute approximate surface area is 127 Å². The summed E-state index contributed by atoms with van der Waals surface area (Å²) in [5.74, 6) is 0.264. The number of hydrogen-bond acceptors (Lipinski definition) is 5. The number of piperidine rings is 1. The lowest BCUT2D eigenvalue weighted by molar-refractivity contribution is -0.127. The minimum Gasteiger partial charge on any atom is -0.339 e. The highest BCUT2D eigenvalue weighted by Gasteiger charge is 2.36. The topological polar surface area (TPSA) is 82.4 Å². The van der Waals surface area contributed by atoms with Crippen LogP contribution in [0.5, 0.6) is 0 Å². The third-order valence-electron chi connectivity index (χ3n) is 5.30. The molecule has 3 unspecified atom stereocenters. The third kappa shape index (κ3) is 3.39. The van der Waals surface area contributed by atoms with Gasteiger partial charge in [0.2, 0.25) is 5.91 Å². The highest BCUT2D eigenvalue weighted by atomic mass is 16.2. The van der Waals surface area contributed by atoms with E-state index in [4.69, 9.17) is 5.73 Å². The molecule has 0 aromatic rings. The van der Waals surface area contributed by atoms with Gasteiger partial charge in [-0.3, -0.25) is 10.2 Å². The minimum absolute atomic E-state index is 0.0758. The van der Waals surface area contributed by atoms with Gasteiger partial charge < -0.3 is 16.4 Å². The van der Waals surface area contributed by atoms with Gasteiger partial charge in [0.1, 0.15) is 0 Å². The van der Waals surface area contributed by atoms with Gasteiger partial charge in [-0.05, 0) is 38.6 Å². The minimum atomic E-state index is 0.0758. The molecule has 3 heterocycles. The van der Waals surface area contributed by atoms with Crippen LogP contribution in [0, 0.1) is 5.92 Å². The van der Waals surface area contributed by atoms with Gasteiger partial charge in [0.05, 0.1) is 6.17 Å². The van der Waals surface area contributed by atoms with Gasteiger partial charge in [-0.25, -0.2) is 5.01 Å². The van der Waals surface area contributed by atoms with Crippen LogP contribution in [0.25, 0.3) is 0 Å². The summed E-state index contributed by atoms with van der Waals surface area (Å²) >= 11 is 0. The Balaban J connectivity index is 1.76. The van der Waals surface area contributed by atoms with Crippen molar-refractivity contribution in [1.29, 1.82) is 0 Å². The Morgan fingerprint density at radius 2 is 2.05 bits per heavy atom. The molecule has 5 N–H and O–H groups in total. The van der Waals surface area contributed by atoms with Crippen LogP contribution in [0.1, 0.15) is 45.4 Å². The van der Waals surface area contributed by atoms with E-state index >= 15 is 0 Å². The molecule has 2 bridgehead atoms. The summed E-state index contributed by atoms with van der Waals surface area (Å²) in [6.07, 6.45) is 6.26. The first kappa shape index (κ1) is 15.2. The Morgan fingerprint density at radius 3 is 2.90 bits per heavy atom. The van der Waals surface area contributed by atoms with Crippen molar-refractivity contribution in [3.05, 3.63) is 0 Å². The first-order chi connectivity index (χ1) is 10.1. The van der Waals surface area contributed by atoms with Crippen LogP contribution in [-0.4, -0.2) is 48.3 Å². The van der Waals surface area contributed by atoms with Crippen molar-refractivity contribution in [2.24, 2.45) is 11.7 Å². The van der Waals surface area contributed by atoms with Crippen LogP contribution < -0.4 is 21.8 Å². The van der Waals surface area contributed by atoms with E-state index < -0.39 is 0 Å². The van der Waals surface area contributed by atoms with E-state index in [2.05, 4.69) is 21.1 Å². The molecular formula is C15H29N5O. The number of nitrogens with one attached hydrogen (secondary N) is 3. The smallest absolute Gasteiger partial charge is 0.224 e. The molecule has 6 heteroatoms. The number of fused-ring (bicyclic) bond motifs is 4. The second-order valence-corrected chi connectivity index (χ2v) is 6.86. The number of carbonyl (C=O) groups excluding carboxylic acids is 1. The lowest BCUT2D eigenvalue weighted by Gasteiger charge is -2.41. The molecule has 3 aliphatic rings. The first-order valence-corrected chi connectivity index (χ1v) is 8.46. The summed E-state index contributed by atoms with van der Waals surface area (Å²) in [4.78, 5) is 12.3. The second kappa shape index (κ2) is 6.60. The third-order valence-corrected chi connectivity index (χ3v) is 5.30. The van der Waals surface area contributed by atoms with Gasteiger partial charge in [-0.15, -0.1) is 0 Å². The molecule has 3 aliphatic heterocycles. The SMILES string of the molecule is C[C@@H]1CCC[C@H](N)C2CC(CCN2)N2NCCC2NC1=O. The highest BCUT2D eigenvalue weighted by molar-refractivity contribution is 5.78. The molecule has 0 spiro atoms. The summed E-state index contributed by atoms with van der Waals surface area (Å²) in [7, 11) is 0. The molecule has 6 nitrogen and oxygen atoms in total. The van der Waals surface area contributed by atoms with Crippen molar-refractivity contribution in [1.82, 2.24) is 21.1 Å². The zero-order chi connectivity index (χ0) is 14.8. The van der Waals surface area contributed by atoms with E-state index in [0.717, 1.165) is 51.6 Å². The Morgan fingerprint density at radius 1 is 1.19 bits per heavy atom. The Bertz CT molecular complexity index is 377. The molecule has 0 aliphatic carbocycles. The second-order valence-electron chi connectivity index (χ2n) is 6.86. The largest absolute Gasteiger partial charge is 0.339 e. The monoisotopic (exact) mass is 295 g/mol. The maximum Gasteiger partial charge on any atom is 0.224 e. The summed E-state index contributed by atoms with van der Waals surface area (Å²) in [6, 6.07) is 1.06. The van der Waals surface area contributed by atoms with Gasteiger partial charge in [0.15, 0.2) is 0 Å². The summed E-state index contributed by atoms with van der Waals surface area (Å²) in [5.41, 5.74) is 9.85. The number of hydrogen-bond donors (Lipinski definition) is 4.